The zero-order valence-electron chi connectivity index (χ0n) is 9.91. The molecule has 1 heterocycles. The van der Waals surface area contributed by atoms with Crippen molar-refractivity contribution in [1.82, 2.24) is 9.78 Å². The summed E-state index contributed by atoms with van der Waals surface area (Å²) in [5.74, 6) is 0.915. The van der Waals surface area contributed by atoms with Gasteiger partial charge in [-0.05, 0) is 18.2 Å². The Labute approximate surface area is 106 Å². The van der Waals surface area contributed by atoms with Gasteiger partial charge in [-0.25, -0.2) is 4.68 Å². The Morgan fingerprint density at radius 3 is 2.76 bits per heavy atom. The third kappa shape index (κ3) is 3.35. The topological polar surface area (TPSA) is 43.8 Å². The molecule has 90 valence electrons. The largest absolute Gasteiger partial charge is 0.329 e. The van der Waals surface area contributed by atoms with E-state index < -0.39 is 0 Å². The standard InChI is InChI=1S/C13H17N3S/c1-11(9-14)17-10-12-7-8-16(15-12)13-5-3-2-4-6-13/h2-8,11H,9-10,14H2,1H3. The molecule has 17 heavy (non-hydrogen) atoms. The van der Waals surface area contributed by atoms with Gasteiger partial charge in [0.05, 0.1) is 11.4 Å². The van der Waals surface area contributed by atoms with Gasteiger partial charge >= 0.3 is 0 Å². The van der Waals surface area contributed by atoms with E-state index >= 15 is 0 Å². The number of hydrogen-bond acceptors (Lipinski definition) is 3. The van der Waals surface area contributed by atoms with Gasteiger partial charge in [0.25, 0.3) is 0 Å². The minimum Gasteiger partial charge on any atom is -0.329 e. The molecule has 0 amide bonds. The molecule has 1 aromatic carbocycles. The molecule has 0 aliphatic rings. The summed E-state index contributed by atoms with van der Waals surface area (Å²) in [6, 6.07) is 12.2. The summed E-state index contributed by atoms with van der Waals surface area (Å²) in [5, 5.41) is 5.02. The Bertz CT molecular complexity index is 453. The van der Waals surface area contributed by atoms with Gasteiger partial charge in [0.15, 0.2) is 0 Å². The van der Waals surface area contributed by atoms with Crippen LogP contribution in [0.3, 0.4) is 0 Å². The number of nitrogens with zero attached hydrogens (tertiary/aromatic N) is 2. The summed E-state index contributed by atoms with van der Waals surface area (Å²) in [7, 11) is 0. The monoisotopic (exact) mass is 247 g/mol. The number of thioether (sulfide) groups is 1. The summed E-state index contributed by atoms with van der Waals surface area (Å²) >= 11 is 1.84. The van der Waals surface area contributed by atoms with Crippen LogP contribution >= 0.6 is 11.8 Å². The van der Waals surface area contributed by atoms with Crippen LogP contribution in [0.5, 0.6) is 0 Å². The van der Waals surface area contributed by atoms with Crippen LogP contribution in [0.15, 0.2) is 42.6 Å². The van der Waals surface area contributed by atoms with Crippen LogP contribution in [-0.4, -0.2) is 21.6 Å². The van der Waals surface area contributed by atoms with Crippen molar-refractivity contribution in [3.8, 4) is 5.69 Å². The first-order valence-electron chi connectivity index (χ1n) is 5.71. The number of hydrogen-bond donors (Lipinski definition) is 1. The Morgan fingerprint density at radius 1 is 1.29 bits per heavy atom. The van der Waals surface area contributed by atoms with E-state index in [1.807, 2.05) is 53.0 Å². The second-order valence-corrected chi connectivity index (χ2v) is 5.37. The van der Waals surface area contributed by atoms with Crippen molar-refractivity contribution in [2.75, 3.05) is 6.54 Å². The van der Waals surface area contributed by atoms with Gasteiger partial charge in [0, 0.05) is 23.7 Å². The van der Waals surface area contributed by atoms with Gasteiger partial charge in [-0.3, -0.25) is 0 Å². The van der Waals surface area contributed by atoms with E-state index in [1.165, 1.54) is 0 Å². The second-order valence-electron chi connectivity index (χ2n) is 3.94. The van der Waals surface area contributed by atoms with Crippen LogP contribution in [-0.2, 0) is 5.75 Å². The van der Waals surface area contributed by atoms with Crippen LogP contribution in [0, 0.1) is 0 Å². The third-order valence-electron chi connectivity index (χ3n) is 2.51. The molecule has 2 aromatic rings. The van der Waals surface area contributed by atoms with Crippen molar-refractivity contribution in [3.05, 3.63) is 48.3 Å². The highest BCUT2D eigenvalue weighted by molar-refractivity contribution is 7.99. The molecule has 0 fully saturated rings. The van der Waals surface area contributed by atoms with Crippen LogP contribution in [0.2, 0.25) is 0 Å². The molecule has 0 spiro atoms. The van der Waals surface area contributed by atoms with Crippen LogP contribution in [0.25, 0.3) is 5.69 Å². The van der Waals surface area contributed by atoms with E-state index in [1.54, 1.807) is 0 Å². The van der Waals surface area contributed by atoms with E-state index in [-0.39, 0.29) is 0 Å². The van der Waals surface area contributed by atoms with E-state index in [0.717, 1.165) is 17.1 Å². The Kier molecular flexibility index (Phi) is 4.23. The molecular formula is C13H17N3S. The Balaban J connectivity index is 2.01. The van der Waals surface area contributed by atoms with Crippen molar-refractivity contribution in [1.29, 1.82) is 0 Å². The van der Waals surface area contributed by atoms with Crippen LogP contribution < -0.4 is 5.73 Å². The van der Waals surface area contributed by atoms with Crippen LogP contribution in [0.4, 0.5) is 0 Å². The Hall–Kier alpha value is -1.26. The van der Waals surface area contributed by atoms with Crippen LogP contribution in [0.1, 0.15) is 12.6 Å². The fourth-order valence-corrected chi connectivity index (χ4v) is 2.20. The fourth-order valence-electron chi connectivity index (χ4n) is 1.46. The van der Waals surface area contributed by atoms with Gasteiger partial charge in [-0.15, -0.1) is 0 Å². The summed E-state index contributed by atoms with van der Waals surface area (Å²) in [4.78, 5) is 0. The highest BCUT2D eigenvalue weighted by atomic mass is 32.2. The first kappa shape index (κ1) is 12.2. The van der Waals surface area contributed by atoms with E-state index in [0.29, 0.717) is 11.8 Å². The number of rotatable bonds is 5. The van der Waals surface area contributed by atoms with Crippen molar-refractivity contribution >= 4 is 11.8 Å². The Morgan fingerprint density at radius 2 is 2.06 bits per heavy atom. The minimum absolute atomic E-state index is 0.483. The lowest BCUT2D eigenvalue weighted by Gasteiger charge is -2.05. The maximum absolute atomic E-state index is 5.59. The molecule has 0 bridgehead atoms. The summed E-state index contributed by atoms with van der Waals surface area (Å²) in [5.41, 5.74) is 7.78. The minimum atomic E-state index is 0.483. The zero-order chi connectivity index (χ0) is 12.1. The van der Waals surface area contributed by atoms with E-state index in [2.05, 4.69) is 18.1 Å². The van der Waals surface area contributed by atoms with Gasteiger partial charge in [0.2, 0.25) is 0 Å². The summed E-state index contributed by atoms with van der Waals surface area (Å²) in [6.07, 6.45) is 2.00. The van der Waals surface area contributed by atoms with Crippen molar-refractivity contribution in [3.63, 3.8) is 0 Å². The van der Waals surface area contributed by atoms with Gasteiger partial charge in [-0.1, -0.05) is 25.1 Å². The van der Waals surface area contributed by atoms with E-state index in [9.17, 15) is 0 Å². The molecule has 4 heteroatoms. The summed E-state index contributed by atoms with van der Waals surface area (Å²) in [6.45, 7) is 2.85. The lowest BCUT2D eigenvalue weighted by Crippen LogP contribution is -2.12. The first-order chi connectivity index (χ1) is 8.29. The molecule has 2 N–H and O–H groups in total. The van der Waals surface area contributed by atoms with Crippen molar-refractivity contribution < 1.29 is 0 Å². The van der Waals surface area contributed by atoms with Crippen molar-refractivity contribution in [2.45, 2.75) is 17.9 Å². The highest BCUT2D eigenvalue weighted by Crippen LogP contribution is 2.16. The predicted molar refractivity (Wildman–Crippen MR) is 73.4 cm³/mol. The second kappa shape index (κ2) is 5.89. The third-order valence-corrected chi connectivity index (χ3v) is 3.74. The normalized spacial score (nSPS) is 12.6. The molecule has 0 radical (unpaired) electrons. The lowest BCUT2D eigenvalue weighted by atomic mass is 10.3. The molecule has 0 aliphatic heterocycles. The number of aromatic nitrogens is 2. The van der Waals surface area contributed by atoms with Gasteiger partial charge in [0.1, 0.15) is 0 Å². The quantitative estimate of drug-likeness (QED) is 0.882. The number of nitrogens with two attached hydrogens (primary N) is 1. The predicted octanol–water partition coefficient (Wildman–Crippen LogP) is 2.45. The maximum Gasteiger partial charge on any atom is 0.0728 e. The molecule has 3 nitrogen and oxygen atoms in total. The maximum atomic E-state index is 5.59. The molecule has 1 unspecified atom stereocenters. The molecule has 0 saturated heterocycles. The van der Waals surface area contributed by atoms with Gasteiger partial charge < -0.3 is 5.73 Å². The van der Waals surface area contributed by atoms with Gasteiger partial charge in [-0.2, -0.15) is 16.9 Å². The number of benzene rings is 1. The first-order valence-corrected chi connectivity index (χ1v) is 6.76. The average Bonchev–Trinajstić information content (AvgIpc) is 2.86. The molecule has 1 atom stereocenters. The van der Waals surface area contributed by atoms with Crippen molar-refractivity contribution in [2.24, 2.45) is 5.73 Å². The fraction of sp³-hybridized carbons (Fsp3) is 0.308. The highest BCUT2D eigenvalue weighted by Gasteiger charge is 2.04. The SMILES string of the molecule is CC(CN)SCc1ccn(-c2ccccc2)n1. The van der Waals surface area contributed by atoms with E-state index in [4.69, 9.17) is 5.73 Å². The lowest BCUT2D eigenvalue weighted by molar-refractivity contribution is 0.858. The smallest absolute Gasteiger partial charge is 0.0728 e. The average molecular weight is 247 g/mol. The molecule has 0 aliphatic carbocycles. The molecular weight excluding hydrogens is 230 g/mol. The molecule has 2 rings (SSSR count). The zero-order valence-corrected chi connectivity index (χ0v) is 10.7. The number of para-hydroxylation sites is 1. The molecule has 1 aromatic heterocycles. The summed E-state index contributed by atoms with van der Waals surface area (Å²) < 4.78 is 1.91. The molecule has 0 saturated carbocycles.